The monoisotopic (exact) mass is 329 g/mol. The van der Waals surface area contributed by atoms with Crippen LogP contribution in [0.4, 0.5) is 0 Å². The Morgan fingerprint density at radius 1 is 1.33 bits per heavy atom. The average Bonchev–Trinajstić information content (AvgIpc) is 3.05. The maximum Gasteiger partial charge on any atom is 0.108 e. The molecule has 1 aromatic carbocycles. The van der Waals surface area contributed by atoms with Crippen LogP contribution in [-0.2, 0) is 24.2 Å². The van der Waals surface area contributed by atoms with Crippen molar-refractivity contribution in [3.63, 3.8) is 0 Å². The fourth-order valence-electron chi connectivity index (χ4n) is 3.39. The standard InChI is InChI=1S/C19H27N3O2/c1-3-22-13-17(11-20-22)12-21-8-9-24-19(14-21,15-23)10-18-7-5-4-6-16(18)2/h4-7,11,13,23H,3,8-10,12,14-15H2,1-2H3. The lowest BCUT2D eigenvalue weighted by Crippen LogP contribution is -2.55. The minimum atomic E-state index is -0.523. The molecule has 3 rings (SSSR count). The van der Waals surface area contributed by atoms with Crippen LogP contribution >= 0.6 is 0 Å². The molecule has 0 aliphatic carbocycles. The fourth-order valence-corrected chi connectivity index (χ4v) is 3.39. The molecule has 2 aromatic rings. The molecule has 0 saturated carbocycles. The van der Waals surface area contributed by atoms with E-state index in [1.807, 2.05) is 23.0 Å². The van der Waals surface area contributed by atoms with Gasteiger partial charge in [0.1, 0.15) is 5.60 Å². The molecule has 0 spiro atoms. The Bertz CT molecular complexity index is 670. The van der Waals surface area contributed by atoms with Gasteiger partial charge in [-0.05, 0) is 25.0 Å². The maximum absolute atomic E-state index is 10.1. The molecule has 1 atom stereocenters. The first-order chi connectivity index (χ1) is 11.6. The third kappa shape index (κ3) is 3.86. The second-order valence-corrected chi connectivity index (χ2v) is 6.71. The summed E-state index contributed by atoms with van der Waals surface area (Å²) in [6.07, 6.45) is 4.76. The zero-order valence-corrected chi connectivity index (χ0v) is 14.6. The second-order valence-electron chi connectivity index (χ2n) is 6.71. The quantitative estimate of drug-likeness (QED) is 0.881. The van der Waals surface area contributed by atoms with Crippen molar-refractivity contribution in [3.8, 4) is 0 Å². The third-order valence-electron chi connectivity index (χ3n) is 4.81. The molecule has 2 heterocycles. The van der Waals surface area contributed by atoms with Crippen LogP contribution in [0.15, 0.2) is 36.7 Å². The molecule has 1 N–H and O–H groups in total. The summed E-state index contributed by atoms with van der Waals surface area (Å²) in [4.78, 5) is 2.36. The Morgan fingerprint density at radius 3 is 2.88 bits per heavy atom. The van der Waals surface area contributed by atoms with Gasteiger partial charge in [0.05, 0.1) is 19.4 Å². The van der Waals surface area contributed by atoms with E-state index >= 15 is 0 Å². The normalized spacial score (nSPS) is 22.0. The maximum atomic E-state index is 10.1. The molecular formula is C19H27N3O2. The van der Waals surface area contributed by atoms with Crippen LogP contribution in [0.25, 0.3) is 0 Å². The van der Waals surface area contributed by atoms with Gasteiger partial charge in [-0.1, -0.05) is 24.3 Å². The van der Waals surface area contributed by atoms with Crippen LogP contribution in [0.5, 0.6) is 0 Å². The van der Waals surface area contributed by atoms with Crippen LogP contribution in [0, 0.1) is 6.92 Å². The molecule has 1 aromatic heterocycles. The van der Waals surface area contributed by atoms with E-state index in [2.05, 4.69) is 42.2 Å². The fraction of sp³-hybridized carbons (Fsp3) is 0.526. The highest BCUT2D eigenvalue weighted by molar-refractivity contribution is 5.27. The Hall–Kier alpha value is -1.69. The van der Waals surface area contributed by atoms with Crippen molar-refractivity contribution in [1.82, 2.24) is 14.7 Å². The highest BCUT2D eigenvalue weighted by Gasteiger charge is 2.36. The molecule has 1 aliphatic rings. The van der Waals surface area contributed by atoms with Crippen molar-refractivity contribution in [3.05, 3.63) is 53.3 Å². The second kappa shape index (κ2) is 7.47. The van der Waals surface area contributed by atoms with Crippen molar-refractivity contribution < 1.29 is 9.84 Å². The molecule has 5 heteroatoms. The zero-order valence-electron chi connectivity index (χ0n) is 14.6. The van der Waals surface area contributed by atoms with E-state index in [1.54, 1.807) is 0 Å². The van der Waals surface area contributed by atoms with Crippen molar-refractivity contribution in [2.24, 2.45) is 0 Å². The van der Waals surface area contributed by atoms with Crippen LogP contribution in [0.2, 0.25) is 0 Å². The van der Waals surface area contributed by atoms with E-state index in [9.17, 15) is 5.11 Å². The number of aryl methyl sites for hydroxylation is 2. The lowest BCUT2D eigenvalue weighted by molar-refractivity contribution is -0.134. The molecule has 0 radical (unpaired) electrons. The Balaban J connectivity index is 1.70. The molecule has 1 aliphatic heterocycles. The minimum Gasteiger partial charge on any atom is -0.393 e. The van der Waals surface area contributed by atoms with Gasteiger partial charge >= 0.3 is 0 Å². The van der Waals surface area contributed by atoms with E-state index in [0.717, 1.165) is 32.6 Å². The van der Waals surface area contributed by atoms with Crippen molar-refractivity contribution >= 4 is 0 Å². The first kappa shape index (κ1) is 17.1. The predicted octanol–water partition coefficient (Wildman–Crippen LogP) is 2.02. The summed E-state index contributed by atoms with van der Waals surface area (Å²) in [7, 11) is 0. The Kier molecular flexibility index (Phi) is 5.33. The summed E-state index contributed by atoms with van der Waals surface area (Å²) in [6.45, 7) is 8.23. The average molecular weight is 329 g/mol. The van der Waals surface area contributed by atoms with E-state index in [4.69, 9.17) is 4.74 Å². The molecule has 5 nitrogen and oxygen atoms in total. The number of ether oxygens (including phenoxy) is 1. The summed E-state index contributed by atoms with van der Waals surface area (Å²) in [5.41, 5.74) is 3.18. The van der Waals surface area contributed by atoms with Gasteiger partial charge in [-0.2, -0.15) is 5.10 Å². The number of rotatable bonds is 6. The van der Waals surface area contributed by atoms with Crippen molar-refractivity contribution in [2.45, 2.75) is 39.0 Å². The largest absolute Gasteiger partial charge is 0.393 e. The predicted molar refractivity (Wildman–Crippen MR) is 93.8 cm³/mol. The smallest absolute Gasteiger partial charge is 0.108 e. The Labute approximate surface area is 143 Å². The van der Waals surface area contributed by atoms with Crippen LogP contribution in [-0.4, -0.2) is 51.7 Å². The topological polar surface area (TPSA) is 50.5 Å². The van der Waals surface area contributed by atoms with Crippen LogP contribution in [0.3, 0.4) is 0 Å². The summed E-state index contributed by atoms with van der Waals surface area (Å²) in [6, 6.07) is 8.33. The number of hydrogen-bond acceptors (Lipinski definition) is 4. The van der Waals surface area contributed by atoms with Gasteiger partial charge in [0.15, 0.2) is 0 Å². The molecule has 0 amide bonds. The molecule has 130 valence electrons. The van der Waals surface area contributed by atoms with Gasteiger partial charge in [-0.15, -0.1) is 0 Å². The number of aromatic nitrogens is 2. The lowest BCUT2D eigenvalue weighted by atomic mass is 9.91. The van der Waals surface area contributed by atoms with E-state index in [0.29, 0.717) is 6.61 Å². The van der Waals surface area contributed by atoms with Crippen LogP contribution in [0.1, 0.15) is 23.6 Å². The van der Waals surface area contributed by atoms with E-state index < -0.39 is 5.60 Å². The van der Waals surface area contributed by atoms with E-state index in [1.165, 1.54) is 16.7 Å². The molecule has 1 fully saturated rings. The van der Waals surface area contributed by atoms with Crippen LogP contribution < -0.4 is 0 Å². The number of benzene rings is 1. The first-order valence-corrected chi connectivity index (χ1v) is 8.67. The summed E-state index contributed by atoms with van der Waals surface area (Å²) in [5.74, 6) is 0. The molecule has 1 saturated heterocycles. The van der Waals surface area contributed by atoms with Gasteiger partial charge < -0.3 is 9.84 Å². The molecule has 1 unspecified atom stereocenters. The highest BCUT2D eigenvalue weighted by Crippen LogP contribution is 2.25. The lowest BCUT2D eigenvalue weighted by Gasteiger charge is -2.42. The van der Waals surface area contributed by atoms with Gasteiger partial charge in [0, 0.05) is 44.4 Å². The zero-order chi connectivity index (χ0) is 17.0. The summed E-state index contributed by atoms with van der Waals surface area (Å²) in [5, 5.41) is 14.4. The van der Waals surface area contributed by atoms with Crippen molar-refractivity contribution in [2.75, 3.05) is 26.3 Å². The first-order valence-electron chi connectivity index (χ1n) is 8.67. The number of nitrogens with zero attached hydrogens (tertiary/aromatic N) is 3. The van der Waals surface area contributed by atoms with Gasteiger partial charge in [-0.3, -0.25) is 9.58 Å². The highest BCUT2D eigenvalue weighted by atomic mass is 16.5. The van der Waals surface area contributed by atoms with Gasteiger partial charge in [0.2, 0.25) is 0 Å². The number of hydrogen-bond donors (Lipinski definition) is 1. The molecule has 0 bridgehead atoms. The van der Waals surface area contributed by atoms with Crippen molar-refractivity contribution in [1.29, 1.82) is 0 Å². The third-order valence-corrected chi connectivity index (χ3v) is 4.81. The Morgan fingerprint density at radius 2 is 2.17 bits per heavy atom. The molecular weight excluding hydrogens is 302 g/mol. The summed E-state index contributed by atoms with van der Waals surface area (Å²) >= 11 is 0. The molecule has 24 heavy (non-hydrogen) atoms. The van der Waals surface area contributed by atoms with Gasteiger partial charge in [0.25, 0.3) is 0 Å². The summed E-state index contributed by atoms with van der Waals surface area (Å²) < 4.78 is 8.00. The van der Waals surface area contributed by atoms with E-state index in [-0.39, 0.29) is 6.61 Å². The number of aliphatic hydroxyl groups excluding tert-OH is 1. The number of aliphatic hydroxyl groups is 1. The van der Waals surface area contributed by atoms with Gasteiger partial charge in [-0.25, -0.2) is 0 Å². The SMILES string of the molecule is CCn1cc(CN2CCOC(CO)(Cc3ccccc3C)C2)cn1. The minimum absolute atomic E-state index is 0.0338. The number of morpholine rings is 1.